The number of carbonyl (C=O) groups is 2. The fourth-order valence-corrected chi connectivity index (χ4v) is 2.27. The summed E-state index contributed by atoms with van der Waals surface area (Å²) in [7, 11) is 1.49. The van der Waals surface area contributed by atoms with Crippen molar-refractivity contribution in [2.24, 2.45) is 0 Å². The number of amides is 1. The Labute approximate surface area is 116 Å². The van der Waals surface area contributed by atoms with E-state index in [0.717, 1.165) is 24.1 Å². The predicted molar refractivity (Wildman–Crippen MR) is 72.1 cm³/mol. The van der Waals surface area contributed by atoms with Crippen LogP contribution in [0.15, 0.2) is 18.2 Å². The highest BCUT2D eigenvalue weighted by Gasteiger charge is 2.22. The number of fused-ring (bicyclic) bond motifs is 1. The molecule has 6 nitrogen and oxygen atoms in total. The van der Waals surface area contributed by atoms with Gasteiger partial charge in [-0.15, -0.1) is 0 Å². The van der Waals surface area contributed by atoms with Gasteiger partial charge in [-0.2, -0.15) is 0 Å². The number of hydrogen-bond donors (Lipinski definition) is 1. The summed E-state index contributed by atoms with van der Waals surface area (Å²) in [6.07, 6.45) is 1.71. The molecule has 0 fully saturated rings. The average molecular weight is 279 g/mol. The molecule has 1 aliphatic heterocycles. The Morgan fingerprint density at radius 2 is 2.15 bits per heavy atom. The van der Waals surface area contributed by atoms with E-state index in [4.69, 9.17) is 14.6 Å². The van der Waals surface area contributed by atoms with Crippen LogP contribution >= 0.6 is 0 Å². The van der Waals surface area contributed by atoms with E-state index in [1.54, 1.807) is 23.1 Å². The van der Waals surface area contributed by atoms with Crippen molar-refractivity contribution in [3.05, 3.63) is 23.8 Å². The molecule has 20 heavy (non-hydrogen) atoms. The van der Waals surface area contributed by atoms with Crippen LogP contribution in [0.1, 0.15) is 12.0 Å². The van der Waals surface area contributed by atoms with Crippen LogP contribution in [0, 0.1) is 0 Å². The molecular weight excluding hydrogens is 262 g/mol. The zero-order valence-electron chi connectivity index (χ0n) is 11.3. The van der Waals surface area contributed by atoms with Crippen molar-refractivity contribution in [1.29, 1.82) is 0 Å². The molecule has 0 aliphatic carbocycles. The first-order valence-electron chi connectivity index (χ1n) is 6.38. The summed E-state index contributed by atoms with van der Waals surface area (Å²) in [5.41, 5.74) is 1.84. The SMILES string of the molecule is COCC(=O)N1CCCc2cc(OCC(=O)O)ccc21. The molecule has 0 bridgehead atoms. The Kier molecular flexibility index (Phi) is 4.57. The first-order valence-corrected chi connectivity index (χ1v) is 6.38. The quantitative estimate of drug-likeness (QED) is 0.872. The first-order chi connectivity index (χ1) is 9.61. The Morgan fingerprint density at radius 1 is 1.35 bits per heavy atom. The fourth-order valence-electron chi connectivity index (χ4n) is 2.27. The minimum atomic E-state index is -1.01. The molecular formula is C14H17NO5. The lowest BCUT2D eigenvalue weighted by Gasteiger charge is -2.29. The largest absolute Gasteiger partial charge is 0.482 e. The lowest BCUT2D eigenvalue weighted by molar-refractivity contribution is -0.139. The van der Waals surface area contributed by atoms with Crippen molar-refractivity contribution in [1.82, 2.24) is 0 Å². The van der Waals surface area contributed by atoms with Crippen LogP contribution in [0.4, 0.5) is 5.69 Å². The number of nitrogens with zero attached hydrogens (tertiary/aromatic N) is 1. The van der Waals surface area contributed by atoms with Crippen LogP contribution in [0.25, 0.3) is 0 Å². The summed E-state index contributed by atoms with van der Waals surface area (Å²) in [5.74, 6) is -0.584. The average Bonchev–Trinajstić information content (AvgIpc) is 2.44. The van der Waals surface area contributed by atoms with Gasteiger partial charge >= 0.3 is 5.97 Å². The third kappa shape index (κ3) is 3.27. The van der Waals surface area contributed by atoms with Gasteiger partial charge in [0.2, 0.25) is 0 Å². The maximum absolute atomic E-state index is 12.0. The molecule has 1 N–H and O–H groups in total. The van der Waals surface area contributed by atoms with E-state index < -0.39 is 5.97 Å². The highest BCUT2D eigenvalue weighted by atomic mass is 16.5. The van der Waals surface area contributed by atoms with E-state index in [2.05, 4.69) is 0 Å². The van der Waals surface area contributed by atoms with Crippen molar-refractivity contribution in [2.45, 2.75) is 12.8 Å². The molecule has 0 saturated heterocycles. The van der Waals surface area contributed by atoms with Gasteiger partial charge in [-0.3, -0.25) is 4.79 Å². The van der Waals surface area contributed by atoms with Gasteiger partial charge in [0.25, 0.3) is 5.91 Å². The van der Waals surface area contributed by atoms with Gasteiger partial charge in [-0.05, 0) is 36.6 Å². The molecule has 6 heteroatoms. The smallest absolute Gasteiger partial charge is 0.341 e. The van der Waals surface area contributed by atoms with Crippen LogP contribution in [0.3, 0.4) is 0 Å². The minimum absolute atomic E-state index is 0.0523. The van der Waals surface area contributed by atoms with E-state index >= 15 is 0 Å². The standard InChI is InChI=1S/C14H17NO5/c1-19-8-13(16)15-6-2-3-10-7-11(4-5-12(10)15)20-9-14(17)18/h4-5,7H,2-3,6,8-9H2,1H3,(H,17,18). The molecule has 0 spiro atoms. The minimum Gasteiger partial charge on any atom is -0.482 e. The van der Waals surface area contributed by atoms with Gasteiger partial charge in [0.05, 0.1) is 0 Å². The van der Waals surface area contributed by atoms with Gasteiger partial charge in [-0.1, -0.05) is 0 Å². The zero-order chi connectivity index (χ0) is 14.5. The van der Waals surface area contributed by atoms with Crippen molar-refractivity contribution >= 4 is 17.6 Å². The number of methoxy groups -OCH3 is 1. The van der Waals surface area contributed by atoms with Gasteiger partial charge in [-0.25, -0.2) is 4.79 Å². The maximum atomic E-state index is 12.0. The molecule has 1 aliphatic rings. The number of benzene rings is 1. The van der Waals surface area contributed by atoms with Crippen molar-refractivity contribution in [2.75, 3.05) is 31.8 Å². The second-order valence-corrected chi connectivity index (χ2v) is 4.55. The van der Waals surface area contributed by atoms with Crippen LogP contribution in [0.2, 0.25) is 0 Å². The number of rotatable bonds is 5. The summed E-state index contributed by atoms with van der Waals surface area (Å²) >= 11 is 0. The Hall–Kier alpha value is -2.08. The molecule has 2 rings (SSSR count). The topological polar surface area (TPSA) is 76.1 Å². The summed E-state index contributed by atoms with van der Waals surface area (Å²) in [4.78, 5) is 24.1. The third-order valence-electron chi connectivity index (χ3n) is 3.10. The molecule has 1 aromatic carbocycles. The highest BCUT2D eigenvalue weighted by Crippen LogP contribution is 2.30. The summed E-state index contributed by atoms with van der Waals surface area (Å²) in [6.45, 7) is 0.354. The van der Waals surface area contributed by atoms with Crippen molar-refractivity contribution < 1.29 is 24.2 Å². The molecule has 1 aromatic rings. The fraction of sp³-hybridized carbons (Fsp3) is 0.429. The molecule has 0 unspecified atom stereocenters. The molecule has 1 heterocycles. The second-order valence-electron chi connectivity index (χ2n) is 4.55. The van der Waals surface area contributed by atoms with Crippen molar-refractivity contribution in [3.8, 4) is 5.75 Å². The molecule has 0 aromatic heterocycles. The Balaban J connectivity index is 2.17. The lowest BCUT2D eigenvalue weighted by Crippen LogP contribution is -2.37. The van der Waals surface area contributed by atoms with E-state index in [9.17, 15) is 9.59 Å². The van der Waals surface area contributed by atoms with Crippen LogP contribution in [0.5, 0.6) is 5.75 Å². The number of aryl methyl sites for hydroxylation is 1. The summed E-state index contributed by atoms with van der Waals surface area (Å²) < 4.78 is 10.0. The van der Waals surface area contributed by atoms with Gasteiger partial charge < -0.3 is 19.5 Å². The van der Waals surface area contributed by atoms with E-state index in [1.165, 1.54) is 7.11 Å². The molecule has 1 amide bonds. The Bertz CT molecular complexity index is 514. The predicted octanol–water partition coefficient (Wildman–Crippen LogP) is 1.08. The van der Waals surface area contributed by atoms with Gasteiger partial charge in [0.1, 0.15) is 12.4 Å². The number of carboxylic acids is 1. The van der Waals surface area contributed by atoms with E-state index in [-0.39, 0.29) is 19.1 Å². The summed E-state index contributed by atoms with van der Waals surface area (Å²) in [6, 6.07) is 5.27. The summed E-state index contributed by atoms with van der Waals surface area (Å²) in [5, 5.41) is 8.60. The number of hydrogen-bond acceptors (Lipinski definition) is 4. The van der Waals surface area contributed by atoms with E-state index in [1.807, 2.05) is 0 Å². The third-order valence-corrected chi connectivity index (χ3v) is 3.10. The van der Waals surface area contributed by atoms with Crippen LogP contribution < -0.4 is 9.64 Å². The monoisotopic (exact) mass is 279 g/mol. The van der Waals surface area contributed by atoms with Gasteiger partial charge in [0, 0.05) is 19.3 Å². The molecule has 108 valence electrons. The van der Waals surface area contributed by atoms with Crippen molar-refractivity contribution in [3.63, 3.8) is 0 Å². The highest BCUT2D eigenvalue weighted by molar-refractivity contribution is 5.95. The first kappa shape index (κ1) is 14.3. The Morgan fingerprint density at radius 3 is 2.85 bits per heavy atom. The maximum Gasteiger partial charge on any atom is 0.341 e. The number of carbonyl (C=O) groups excluding carboxylic acids is 1. The normalized spacial score (nSPS) is 13.8. The number of anilines is 1. The zero-order valence-corrected chi connectivity index (χ0v) is 11.3. The van der Waals surface area contributed by atoms with E-state index in [0.29, 0.717) is 12.3 Å². The van der Waals surface area contributed by atoms with Crippen LogP contribution in [-0.4, -0.2) is 43.9 Å². The molecule has 0 saturated carbocycles. The second kappa shape index (κ2) is 6.38. The number of ether oxygens (including phenoxy) is 2. The molecule has 0 atom stereocenters. The lowest BCUT2D eigenvalue weighted by atomic mass is 10.0. The van der Waals surface area contributed by atoms with Gasteiger partial charge in [0.15, 0.2) is 6.61 Å². The number of carboxylic acid groups (broad SMARTS) is 1. The molecule has 0 radical (unpaired) electrons. The number of aliphatic carboxylic acids is 1. The van der Waals surface area contributed by atoms with Crippen LogP contribution in [-0.2, 0) is 20.7 Å².